The predicted octanol–water partition coefficient (Wildman–Crippen LogP) is 1.24. The van der Waals surface area contributed by atoms with Gasteiger partial charge in [-0.2, -0.15) is 0 Å². The topological polar surface area (TPSA) is 60.8 Å². The molecule has 2 rings (SSSR count). The smallest absolute Gasteiger partial charge is 0.263 e. The fraction of sp³-hybridized carbons (Fsp3) is 0.533. The predicted molar refractivity (Wildman–Crippen MR) is 78.7 cm³/mol. The van der Waals surface area contributed by atoms with Gasteiger partial charge in [0, 0.05) is 19.7 Å². The van der Waals surface area contributed by atoms with Crippen molar-refractivity contribution < 1.29 is 15.0 Å². The molecule has 20 heavy (non-hydrogen) atoms. The standard InChI is InChI=1S/C15H19NO3S/c1-11-9-14(20-13(11)3-2-8-17)15(19)16-6-4-12(10-18)5-7-16/h9,12,17-18H,4-8,10H2,1H3. The molecule has 108 valence electrons. The molecule has 1 saturated heterocycles. The number of aliphatic hydroxyl groups is 2. The van der Waals surface area contributed by atoms with Gasteiger partial charge in [0.2, 0.25) is 0 Å². The van der Waals surface area contributed by atoms with Crippen LogP contribution >= 0.6 is 11.3 Å². The van der Waals surface area contributed by atoms with E-state index in [4.69, 9.17) is 10.2 Å². The number of piperidine rings is 1. The fourth-order valence-corrected chi connectivity index (χ4v) is 3.32. The minimum atomic E-state index is -0.171. The summed E-state index contributed by atoms with van der Waals surface area (Å²) in [6, 6.07) is 1.87. The molecule has 0 unspecified atom stereocenters. The highest BCUT2D eigenvalue weighted by Crippen LogP contribution is 2.25. The van der Waals surface area contributed by atoms with Crippen LogP contribution < -0.4 is 0 Å². The summed E-state index contributed by atoms with van der Waals surface area (Å²) in [7, 11) is 0. The average molecular weight is 293 g/mol. The van der Waals surface area contributed by atoms with Crippen LogP contribution in [-0.2, 0) is 0 Å². The highest BCUT2D eigenvalue weighted by molar-refractivity contribution is 7.14. The second-order valence-corrected chi connectivity index (χ2v) is 6.05. The van der Waals surface area contributed by atoms with Crippen LogP contribution in [0.25, 0.3) is 0 Å². The van der Waals surface area contributed by atoms with E-state index in [1.807, 2.05) is 17.9 Å². The van der Waals surface area contributed by atoms with E-state index >= 15 is 0 Å². The molecule has 2 heterocycles. The molecule has 0 spiro atoms. The lowest BCUT2D eigenvalue weighted by molar-refractivity contribution is 0.0655. The van der Waals surface area contributed by atoms with Crippen LogP contribution in [0.2, 0.25) is 0 Å². The van der Waals surface area contributed by atoms with Gasteiger partial charge in [-0.15, -0.1) is 11.3 Å². The fourth-order valence-electron chi connectivity index (χ4n) is 2.31. The molecule has 4 nitrogen and oxygen atoms in total. The molecule has 0 aromatic carbocycles. The lowest BCUT2D eigenvalue weighted by Crippen LogP contribution is -2.38. The first-order valence-electron chi connectivity index (χ1n) is 6.76. The van der Waals surface area contributed by atoms with Crippen molar-refractivity contribution in [2.45, 2.75) is 19.8 Å². The first-order valence-corrected chi connectivity index (χ1v) is 7.57. The van der Waals surface area contributed by atoms with E-state index in [1.165, 1.54) is 11.3 Å². The summed E-state index contributed by atoms with van der Waals surface area (Å²) >= 11 is 1.38. The Kier molecular flexibility index (Phi) is 5.18. The molecule has 1 aromatic heterocycles. The van der Waals surface area contributed by atoms with E-state index < -0.39 is 0 Å². The number of thiophene rings is 1. The third-order valence-electron chi connectivity index (χ3n) is 3.57. The summed E-state index contributed by atoms with van der Waals surface area (Å²) < 4.78 is 0. The third kappa shape index (κ3) is 3.40. The highest BCUT2D eigenvalue weighted by Gasteiger charge is 2.24. The van der Waals surface area contributed by atoms with Crippen molar-refractivity contribution >= 4 is 17.2 Å². The minimum Gasteiger partial charge on any atom is -0.396 e. The van der Waals surface area contributed by atoms with Gasteiger partial charge in [0.1, 0.15) is 6.61 Å². The number of hydrogen-bond acceptors (Lipinski definition) is 4. The van der Waals surface area contributed by atoms with E-state index in [-0.39, 0.29) is 19.1 Å². The number of likely N-dealkylation sites (tertiary alicyclic amines) is 1. The van der Waals surface area contributed by atoms with E-state index in [2.05, 4.69) is 11.8 Å². The van der Waals surface area contributed by atoms with Crippen molar-refractivity contribution in [3.63, 3.8) is 0 Å². The van der Waals surface area contributed by atoms with Gasteiger partial charge in [-0.3, -0.25) is 4.79 Å². The Morgan fingerprint density at radius 1 is 1.45 bits per heavy atom. The second-order valence-electron chi connectivity index (χ2n) is 5.00. The summed E-state index contributed by atoms with van der Waals surface area (Å²) in [5.41, 5.74) is 0.976. The number of carbonyl (C=O) groups excluding carboxylic acids is 1. The second kappa shape index (κ2) is 6.89. The monoisotopic (exact) mass is 293 g/mol. The molecule has 1 fully saturated rings. The van der Waals surface area contributed by atoms with Crippen LogP contribution in [0, 0.1) is 24.7 Å². The maximum absolute atomic E-state index is 12.4. The number of amides is 1. The maximum atomic E-state index is 12.4. The van der Waals surface area contributed by atoms with Gasteiger partial charge in [-0.25, -0.2) is 0 Å². The SMILES string of the molecule is Cc1cc(C(=O)N2CCC(CO)CC2)sc1C#CCO. The van der Waals surface area contributed by atoms with Crippen LogP contribution in [0.15, 0.2) is 6.07 Å². The Labute approximate surface area is 123 Å². The van der Waals surface area contributed by atoms with Gasteiger partial charge >= 0.3 is 0 Å². The Bertz CT molecular complexity index is 533. The Hall–Kier alpha value is -1.35. The molecule has 0 atom stereocenters. The van der Waals surface area contributed by atoms with E-state index in [1.54, 1.807) is 0 Å². The van der Waals surface area contributed by atoms with Gasteiger partial charge in [0.05, 0.1) is 9.75 Å². The summed E-state index contributed by atoms with van der Waals surface area (Å²) in [5, 5.41) is 17.8. The molecule has 0 bridgehead atoms. The average Bonchev–Trinajstić information content (AvgIpc) is 2.85. The normalized spacial score (nSPS) is 15.8. The molecule has 0 aliphatic carbocycles. The quantitative estimate of drug-likeness (QED) is 0.807. The van der Waals surface area contributed by atoms with Crippen molar-refractivity contribution in [3.8, 4) is 11.8 Å². The van der Waals surface area contributed by atoms with Gasteiger partial charge in [-0.1, -0.05) is 11.8 Å². The first kappa shape index (κ1) is 15.0. The lowest BCUT2D eigenvalue weighted by atomic mass is 9.98. The van der Waals surface area contributed by atoms with Crippen molar-refractivity contribution in [2.24, 2.45) is 5.92 Å². The Morgan fingerprint density at radius 2 is 2.15 bits per heavy atom. The number of hydrogen-bond donors (Lipinski definition) is 2. The van der Waals surface area contributed by atoms with Crippen molar-refractivity contribution in [1.82, 2.24) is 4.90 Å². The number of aryl methyl sites for hydroxylation is 1. The number of rotatable bonds is 2. The van der Waals surface area contributed by atoms with Gasteiger partial charge in [-0.05, 0) is 37.3 Å². The van der Waals surface area contributed by atoms with Crippen molar-refractivity contribution in [1.29, 1.82) is 0 Å². The number of carbonyl (C=O) groups is 1. The summed E-state index contributed by atoms with van der Waals surface area (Å²) in [6.07, 6.45) is 1.73. The summed E-state index contributed by atoms with van der Waals surface area (Å²) in [6.45, 7) is 3.38. The van der Waals surface area contributed by atoms with Gasteiger partial charge < -0.3 is 15.1 Å². The van der Waals surface area contributed by atoms with Crippen molar-refractivity contribution in [2.75, 3.05) is 26.3 Å². The molecule has 1 aliphatic rings. The van der Waals surface area contributed by atoms with Gasteiger partial charge in [0.25, 0.3) is 5.91 Å². The third-order valence-corrected chi connectivity index (χ3v) is 4.71. The zero-order valence-electron chi connectivity index (χ0n) is 11.6. The molecule has 5 heteroatoms. The zero-order valence-corrected chi connectivity index (χ0v) is 12.4. The molecular formula is C15H19NO3S. The lowest BCUT2D eigenvalue weighted by Gasteiger charge is -2.30. The largest absolute Gasteiger partial charge is 0.396 e. The molecular weight excluding hydrogens is 274 g/mol. The van der Waals surface area contributed by atoms with Crippen LogP contribution in [0.4, 0.5) is 0 Å². The van der Waals surface area contributed by atoms with Crippen LogP contribution in [-0.4, -0.2) is 47.3 Å². The van der Waals surface area contributed by atoms with Crippen LogP contribution in [0.1, 0.15) is 33.0 Å². The Balaban J connectivity index is 2.06. The summed E-state index contributed by atoms with van der Waals surface area (Å²) in [5.74, 6) is 5.86. The highest BCUT2D eigenvalue weighted by atomic mass is 32.1. The van der Waals surface area contributed by atoms with E-state index in [9.17, 15) is 4.79 Å². The van der Waals surface area contributed by atoms with Gasteiger partial charge in [0.15, 0.2) is 0 Å². The zero-order chi connectivity index (χ0) is 14.5. The number of aliphatic hydroxyl groups excluding tert-OH is 2. The maximum Gasteiger partial charge on any atom is 0.263 e. The van der Waals surface area contributed by atoms with E-state index in [0.29, 0.717) is 23.9 Å². The number of nitrogens with zero attached hydrogens (tertiary/aromatic N) is 1. The van der Waals surface area contributed by atoms with E-state index in [0.717, 1.165) is 23.3 Å². The van der Waals surface area contributed by atoms with Crippen LogP contribution in [0.3, 0.4) is 0 Å². The summed E-state index contributed by atoms with van der Waals surface area (Å²) in [4.78, 5) is 15.8. The molecule has 1 amide bonds. The van der Waals surface area contributed by atoms with Crippen LogP contribution in [0.5, 0.6) is 0 Å². The van der Waals surface area contributed by atoms with Crippen molar-refractivity contribution in [3.05, 3.63) is 21.4 Å². The Morgan fingerprint density at radius 3 is 2.75 bits per heavy atom. The molecule has 2 N–H and O–H groups in total. The minimum absolute atomic E-state index is 0.0477. The molecule has 1 aliphatic heterocycles. The molecule has 0 radical (unpaired) electrons. The molecule has 1 aromatic rings. The molecule has 0 saturated carbocycles. The first-order chi connectivity index (χ1) is 9.65.